The Hall–Kier alpha value is -2.56. The predicted molar refractivity (Wildman–Crippen MR) is 130 cm³/mol. The number of aldehydes is 1. The quantitative estimate of drug-likeness (QED) is 0.462. The third kappa shape index (κ3) is 3.98. The molecule has 1 amide bonds. The number of benzene rings is 2. The predicted octanol–water partition coefficient (Wildman–Crippen LogP) is 5.45. The molecule has 1 saturated heterocycles. The largest absolute Gasteiger partial charge is 0.398 e. The minimum Gasteiger partial charge on any atom is -0.398 e. The molecule has 0 bridgehead atoms. The highest BCUT2D eigenvalue weighted by Gasteiger charge is 2.53. The van der Waals surface area contributed by atoms with E-state index in [0.29, 0.717) is 27.8 Å². The molecule has 1 aliphatic carbocycles. The lowest BCUT2D eigenvalue weighted by Gasteiger charge is -2.45. The Balaban J connectivity index is 2.01. The lowest BCUT2D eigenvalue weighted by Crippen LogP contribution is -2.48. The van der Waals surface area contributed by atoms with E-state index in [4.69, 9.17) is 28.9 Å². The van der Waals surface area contributed by atoms with Gasteiger partial charge in [-0.2, -0.15) is 0 Å². The Morgan fingerprint density at radius 2 is 1.94 bits per heavy atom. The maximum atomic E-state index is 13.3. The Bertz CT molecular complexity index is 1110. The van der Waals surface area contributed by atoms with Gasteiger partial charge in [0, 0.05) is 40.5 Å². The fraction of sp³-hybridized carbons (Fsp3) is 0.308. The molecule has 32 heavy (non-hydrogen) atoms. The summed E-state index contributed by atoms with van der Waals surface area (Å²) in [7, 11) is 0. The van der Waals surface area contributed by atoms with E-state index in [1.807, 2.05) is 30.3 Å². The van der Waals surface area contributed by atoms with Gasteiger partial charge in [-0.05, 0) is 54.7 Å². The van der Waals surface area contributed by atoms with Gasteiger partial charge >= 0.3 is 0 Å². The van der Waals surface area contributed by atoms with E-state index in [9.17, 15) is 9.59 Å². The summed E-state index contributed by atoms with van der Waals surface area (Å²) in [5, 5.41) is 4.13. The molecule has 0 aromatic heterocycles. The van der Waals surface area contributed by atoms with Crippen molar-refractivity contribution in [2.24, 2.45) is 11.8 Å². The normalized spacial score (nSPS) is 27.9. The second kappa shape index (κ2) is 9.13. The summed E-state index contributed by atoms with van der Waals surface area (Å²) < 4.78 is 0. The molecule has 0 radical (unpaired) electrons. The molecule has 1 heterocycles. The van der Waals surface area contributed by atoms with Crippen molar-refractivity contribution in [2.75, 3.05) is 12.3 Å². The fourth-order valence-corrected chi connectivity index (χ4v) is 5.83. The standard InChI is InChI=1S/C26H26Cl2N2O2/c1-16-5-2-3-8-20(16)23-14-30-25(32)13-22(17-6-4-7-18(27)11-17)26(23,15-31)21-10-9-19(28)12-24(21)29/h2-7,9-12,15,20,22-23H,8,13-14,29H2,1H3,(H,30,32)/t20-,22+,23?,26-/m1/s1. The number of nitrogen functional groups attached to an aromatic ring is 1. The summed E-state index contributed by atoms with van der Waals surface area (Å²) in [5.41, 5.74) is 8.61. The molecular weight excluding hydrogens is 443 g/mol. The molecule has 4 rings (SSSR count). The molecule has 1 aliphatic heterocycles. The molecule has 1 fully saturated rings. The maximum absolute atomic E-state index is 13.3. The van der Waals surface area contributed by atoms with Gasteiger partial charge in [0.1, 0.15) is 6.29 Å². The van der Waals surface area contributed by atoms with E-state index in [2.05, 4.69) is 24.4 Å². The van der Waals surface area contributed by atoms with Crippen LogP contribution < -0.4 is 11.1 Å². The number of allylic oxidation sites excluding steroid dienone is 4. The Morgan fingerprint density at radius 3 is 2.62 bits per heavy atom. The van der Waals surface area contributed by atoms with Crippen LogP contribution in [0.15, 0.2) is 66.3 Å². The number of nitrogens with two attached hydrogens (primary N) is 1. The zero-order valence-electron chi connectivity index (χ0n) is 17.9. The SMILES string of the molecule is CC1=CC=CC[C@H]1C1CNC(=O)C[C@@H](c2cccc(Cl)c2)[C@@]1(C=O)c1ccc(Cl)cc1N. The highest BCUT2D eigenvalue weighted by Crippen LogP contribution is 2.53. The number of anilines is 1. The van der Waals surface area contributed by atoms with Crippen LogP contribution in [0.4, 0.5) is 5.69 Å². The van der Waals surface area contributed by atoms with Crippen LogP contribution in [-0.4, -0.2) is 18.7 Å². The number of halogens is 2. The number of amides is 1. The molecule has 0 saturated carbocycles. The van der Waals surface area contributed by atoms with Gasteiger partial charge in [-0.25, -0.2) is 0 Å². The average molecular weight is 469 g/mol. The zero-order chi connectivity index (χ0) is 22.9. The van der Waals surface area contributed by atoms with Crippen LogP contribution >= 0.6 is 23.2 Å². The van der Waals surface area contributed by atoms with Gasteiger partial charge in [-0.15, -0.1) is 0 Å². The van der Waals surface area contributed by atoms with Crippen LogP contribution in [-0.2, 0) is 15.0 Å². The summed E-state index contributed by atoms with van der Waals surface area (Å²) >= 11 is 12.5. The molecule has 4 atom stereocenters. The highest BCUT2D eigenvalue weighted by molar-refractivity contribution is 6.31. The van der Waals surface area contributed by atoms with E-state index >= 15 is 0 Å². The molecule has 1 unspecified atom stereocenters. The van der Waals surface area contributed by atoms with E-state index in [0.717, 1.165) is 18.3 Å². The van der Waals surface area contributed by atoms with Crippen molar-refractivity contribution in [1.82, 2.24) is 5.32 Å². The van der Waals surface area contributed by atoms with Gasteiger partial charge in [0.25, 0.3) is 0 Å². The Morgan fingerprint density at radius 1 is 1.16 bits per heavy atom. The summed E-state index contributed by atoms with van der Waals surface area (Å²) in [4.78, 5) is 26.2. The molecule has 2 aromatic rings. The van der Waals surface area contributed by atoms with Crippen LogP contribution in [0, 0.1) is 11.8 Å². The van der Waals surface area contributed by atoms with Gasteiger partial charge in [0.2, 0.25) is 5.91 Å². The number of hydrogen-bond donors (Lipinski definition) is 2. The van der Waals surface area contributed by atoms with Crippen molar-refractivity contribution >= 4 is 41.1 Å². The van der Waals surface area contributed by atoms with E-state index < -0.39 is 11.3 Å². The smallest absolute Gasteiger partial charge is 0.220 e. The topological polar surface area (TPSA) is 72.2 Å². The zero-order valence-corrected chi connectivity index (χ0v) is 19.4. The van der Waals surface area contributed by atoms with Crippen molar-refractivity contribution in [2.45, 2.75) is 31.1 Å². The average Bonchev–Trinajstić information content (AvgIpc) is 2.91. The van der Waals surface area contributed by atoms with Crippen molar-refractivity contribution in [3.8, 4) is 0 Å². The third-order valence-electron chi connectivity index (χ3n) is 6.98. The molecule has 166 valence electrons. The second-order valence-corrected chi connectivity index (χ2v) is 9.56. The molecule has 6 heteroatoms. The molecular formula is C26H26Cl2N2O2. The monoisotopic (exact) mass is 468 g/mol. The van der Waals surface area contributed by atoms with Crippen LogP contribution in [0.1, 0.15) is 36.8 Å². The fourth-order valence-electron chi connectivity index (χ4n) is 5.45. The van der Waals surface area contributed by atoms with Crippen molar-refractivity contribution < 1.29 is 9.59 Å². The first-order valence-corrected chi connectivity index (χ1v) is 11.5. The highest BCUT2D eigenvalue weighted by atomic mass is 35.5. The number of carbonyl (C=O) groups is 2. The van der Waals surface area contributed by atoms with Crippen molar-refractivity contribution in [3.63, 3.8) is 0 Å². The van der Waals surface area contributed by atoms with Gasteiger partial charge in [-0.3, -0.25) is 4.79 Å². The lowest BCUT2D eigenvalue weighted by atomic mass is 9.56. The Labute approximate surface area is 198 Å². The van der Waals surface area contributed by atoms with Gasteiger partial charge in [0.15, 0.2) is 0 Å². The molecule has 4 nitrogen and oxygen atoms in total. The van der Waals surface area contributed by atoms with Crippen LogP contribution in [0.25, 0.3) is 0 Å². The van der Waals surface area contributed by atoms with Crippen molar-refractivity contribution in [1.29, 1.82) is 0 Å². The van der Waals surface area contributed by atoms with Crippen LogP contribution in [0.3, 0.4) is 0 Å². The maximum Gasteiger partial charge on any atom is 0.220 e. The number of nitrogens with one attached hydrogen (secondary N) is 1. The Kier molecular flexibility index (Phi) is 6.45. The number of hydrogen-bond acceptors (Lipinski definition) is 3. The molecule has 2 aromatic carbocycles. The first-order valence-electron chi connectivity index (χ1n) is 10.7. The first kappa shape index (κ1) is 22.6. The lowest BCUT2D eigenvalue weighted by molar-refractivity contribution is -0.121. The molecule has 3 N–H and O–H groups in total. The number of carbonyl (C=O) groups excluding carboxylic acids is 2. The third-order valence-corrected chi connectivity index (χ3v) is 7.45. The summed E-state index contributed by atoms with van der Waals surface area (Å²) in [6.07, 6.45) is 8.18. The van der Waals surface area contributed by atoms with Gasteiger partial charge < -0.3 is 15.8 Å². The van der Waals surface area contributed by atoms with Crippen LogP contribution in [0.2, 0.25) is 10.0 Å². The second-order valence-electron chi connectivity index (χ2n) is 8.69. The van der Waals surface area contributed by atoms with E-state index in [1.54, 1.807) is 18.2 Å². The summed E-state index contributed by atoms with van der Waals surface area (Å²) in [6, 6.07) is 12.7. The minimum absolute atomic E-state index is 0.0698. The summed E-state index contributed by atoms with van der Waals surface area (Å²) in [5.74, 6) is -0.668. The molecule has 0 spiro atoms. The minimum atomic E-state index is -1.05. The van der Waals surface area contributed by atoms with E-state index in [1.165, 1.54) is 5.57 Å². The van der Waals surface area contributed by atoms with Gasteiger partial charge in [0.05, 0.1) is 5.41 Å². The molecule has 2 aliphatic rings. The van der Waals surface area contributed by atoms with E-state index in [-0.39, 0.29) is 24.2 Å². The first-order chi connectivity index (χ1) is 15.4. The number of rotatable bonds is 4. The van der Waals surface area contributed by atoms with Gasteiger partial charge in [-0.1, -0.05) is 65.2 Å². The van der Waals surface area contributed by atoms with Crippen LogP contribution in [0.5, 0.6) is 0 Å². The summed E-state index contributed by atoms with van der Waals surface area (Å²) in [6.45, 7) is 2.45. The van der Waals surface area contributed by atoms with Crippen molar-refractivity contribution in [3.05, 3.63) is 87.4 Å².